The Balaban J connectivity index is 2.98. The van der Waals surface area contributed by atoms with Crippen LogP contribution in [-0.2, 0) is 6.61 Å². The molecule has 0 unspecified atom stereocenters. The lowest BCUT2D eigenvalue weighted by atomic mass is 10.3. The van der Waals surface area contributed by atoms with Gasteiger partial charge < -0.3 is 9.84 Å². The van der Waals surface area contributed by atoms with Gasteiger partial charge in [0.25, 0.3) is 0 Å². The lowest BCUT2D eigenvalue weighted by Gasteiger charge is -2.10. The summed E-state index contributed by atoms with van der Waals surface area (Å²) in [6.45, 7) is -0.392. The van der Waals surface area contributed by atoms with Crippen molar-refractivity contribution >= 4 is 15.9 Å². The van der Waals surface area contributed by atoms with Gasteiger partial charge in [0.1, 0.15) is 0 Å². The molecule has 0 atom stereocenters. The Morgan fingerprint density at radius 3 is 2.64 bits per heavy atom. The molecule has 1 heterocycles. The molecule has 14 heavy (non-hydrogen) atoms. The van der Waals surface area contributed by atoms with E-state index in [9.17, 15) is 13.2 Å². The quantitative estimate of drug-likeness (QED) is 0.897. The maximum Gasteiger partial charge on any atom is 0.574 e. The largest absolute Gasteiger partial charge is 0.574 e. The van der Waals surface area contributed by atoms with Crippen LogP contribution in [0, 0.1) is 0 Å². The van der Waals surface area contributed by atoms with E-state index < -0.39 is 18.8 Å². The van der Waals surface area contributed by atoms with E-state index in [1.165, 1.54) is 6.07 Å². The lowest BCUT2D eigenvalue weighted by molar-refractivity contribution is -0.276. The van der Waals surface area contributed by atoms with Crippen LogP contribution in [0.5, 0.6) is 5.88 Å². The van der Waals surface area contributed by atoms with Crippen molar-refractivity contribution in [1.29, 1.82) is 0 Å². The van der Waals surface area contributed by atoms with Crippen LogP contribution in [0.15, 0.2) is 16.7 Å². The number of alkyl halides is 3. The second-order valence-corrected chi connectivity index (χ2v) is 3.09. The minimum absolute atomic E-state index is 0.000162. The average molecular weight is 272 g/mol. The molecule has 0 aliphatic carbocycles. The summed E-state index contributed by atoms with van der Waals surface area (Å²) in [6, 6.07) is 1.38. The molecule has 0 spiro atoms. The highest BCUT2D eigenvalue weighted by Gasteiger charge is 2.33. The van der Waals surface area contributed by atoms with Gasteiger partial charge in [-0.05, 0) is 27.6 Å². The predicted octanol–water partition coefficient (Wildman–Crippen LogP) is 2.24. The van der Waals surface area contributed by atoms with Crippen LogP contribution >= 0.6 is 15.9 Å². The highest BCUT2D eigenvalue weighted by atomic mass is 79.9. The van der Waals surface area contributed by atoms with Crippen molar-refractivity contribution in [2.24, 2.45) is 0 Å². The Hall–Kier alpha value is -0.820. The number of aromatic nitrogens is 1. The standard InChI is InChI=1S/C7H5BrF3NO2/c8-5-4(3-13)1-2-12-6(5)14-7(9,10)11/h1-2,13H,3H2. The van der Waals surface area contributed by atoms with Gasteiger partial charge in [0.15, 0.2) is 0 Å². The number of aliphatic hydroxyl groups excluding tert-OH is 1. The van der Waals surface area contributed by atoms with Crippen molar-refractivity contribution < 1.29 is 23.0 Å². The van der Waals surface area contributed by atoms with E-state index in [1.54, 1.807) is 0 Å². The van der Waals surface area contributed by atoms with Gasteiger partial charge in [-0.3, -0.25) is 0 Å². The second kappa shape index (κ2) is 4.14. The van der Waals surface area contributed by atoms with E-state index in [0.717, 1.165) is 6.20 Å². The van der Waals surface area contributed by atoms with Gasteiger partial charge in [-0.15, -0.1) is 13.2 Å². The molecule has 0 amide bonds. The maximum atomic E-state index is 11.8. The molecule has 1 rings (SSSR count). The van der Waals surface area contributed by atoms with Gasteiger partial charge in [-0.25, -0.2) is 4.98 Å². The van der Waals surface area contributed by atoms with Crippen molar-refractivity contribution in [2.75, 3.05) is 0 Å². The zero-order valence-corrected chi connectivity index (χ0v) is 8.26. The van der Waals surface area contributed by atoms with Crippen molar-refractivity contribution in [3.8, 4) is 5.88 Å². The number of halogens is 4. The van der Waals surface area contributed by atoms with Crippen LogP contribution in [-0.4, -0.2) is 16.5 Å². The topological polar surface area (TPSA) is 42.4 Å². The Morgan fingerprint density at radius 2 is 2.14 bits per heavy atom. The van der Waals surface area contributed by atoms with Gasteiger partial charge in [0, 0.05) is 6.20 Å². The molecule has 0 aromatic carbocycles. The van der Waals surface area contributed by atoms with E-state index in [2.05, 4.69) is 25.7 Å². The molecule has 7 heteroatoms. The first-order chi connectivity index (χ1) is 6.44. The summed E-state index contributed by atoms with van der Waals surface area (Å²) < 4.78 is 39.0. The fourth-order valence-corrected chi connectivity index (χ4v) is 1.21. The van der Waals surface area contributed by atoms with Gasteiger partial charge in [0.2, 0.25) is 5.88 Å². The van der Waals surface area contributed by atoms with Gasteiger partial charge in [0.05, 0.1) is 11.1 Å². The smallest absolute Gasteiger partial charge is 0.392 e. The minimum Gasteiger partial charge on any atom is -0.392 e. The van der Waals surface area contributed by atoms with Crippen molar-refractivity contribution in [3.63, 3.8) is 0 Å². The molecular formula is C7H5BrF3NO2. The number of ether oxygens (including phenoxy) is 1. The zero-order chi connectivity index (χ0) is 10.8. The molecule has 0 aliphatic heterocycles. The number of hydrogen-bond donors (Lipinski definition) is 1. The summed E-state index contributed by atoms with van der Waals surface area (Å²) in [5, 5.41) is 8.75. The zero-order valence-electron chi connectivity index (χ0n) is 6.68. The van der Waals surface area contributed by atoms with Crippen LogP contribution in [0.3, 0.4) is 0 Å². The molecule has 0 aliphatic rings. The van der Waals surface area contributed by atoms with Crippen molar-refractivity contribution in [2.45, 2.75) is 13.0 Å². The Labute approximate surface area is 85.7 Å². The van der Waals surface area contributed by atoms with Crippen LogP contribution in [0.4, 0.5) is 13.2 Å². The van der Waals surface area contributed by atoms with Crippen molar-refractivity contribution in [1.82, 2.24) is 4.98 Å². The molecule has 1 aromatic heterocycles. The molecule has 1 aromatic rings. The number of nitrogens with zero attached hydrogens (tertiary/aromatic N) is 1. The first-order valence-corrected chi connectivity index (χ1v) is 4.23. The highest BCUT2D eigenvalue weighted by molar-refractivity contribution is 9.10. The monoisotopic (exact) mass is 271 g/mol. The van der Waals surface area contributed by atoms with Crippen molar-refractivity contribution in [3.05, 3.63) is 22.3 Å². The number of hydrogen-bond acceptors (Lipinski definition) is 3. The average Bonchev–Trinajstić information content (AvgIpc) is 2.06. The molecule has 0 fully saturated rings. The molecule has 0 saturated heterocycles. The Bertz CT molecular complexity index is 329. The summed E-state index contributed by atoms with van der Waals surface area (Å²) in [4.78, 5) is 3.37. The molecule has 0 bridgehead atoms. The summed E-state index contributed by atoms with van der Waals surface area (Å²) in [5.41, 5.74) is 0.277. The molecule has 3 nitrogen and oxygen atoms in total. The van der Waals surface area contributed by atoms with Crippen LogP contribution < -0.4 is 4.74 Å². The van der Waals surface area contributed by atoms with E-state index >= 15 is 0 Å². The molecule has 0 radical (unpaired) electrons. The number of pyridine rings is 1. The maximum absolute atomic E-state index is 11.8. The summed E-state index contributed by atoms with van der Waals surface area (Å²) in [7, 11) is 0. The van der Waals surface area contributed by atoms with Crippen LogP contribution in [0.2, 0.25) is 0 Å². The van der Waals surface area contributed by atoms with E-state index in [0.29, 0.717) is 0 Å². The third kappa shape index (κ3) is 2.85. The summed E-state index contributed by atoms with van der Waals surface area (Å²) in [5.74, 6) is -0.607. The lowest BCUT2D eigenvalue weighted by Crippen LogP contribution is -2.18. The van der Waals surface area contributed by atoms with E-state index in [4.69, 9.17) is 5.11 Å². The second-order valence-electron chi connectivity index (χ2n) is 2.30. The highest BCUT2D eigenvalue weighted by Crippen LogP contribution is 2.30. The van der Waals surface area contributed by atoms with Crippen LogP contribution in [0.25, 0.3) is 0 Å². The Kier molecular flexibility index (Phi) is 3.33. The summed E-state index contributed by atoms with van der Waals surface area (Å²) >= 11 is 2.85. The molecular weight excluding hydrogens is 267 g/mol. The van der Waals surface area contributed by atoms with E-state index in [-0.39, 0.29) is 10.0 Å². The van der Waals surface area contributed by atoms with Crippen LogP contribution in [0.1, 0.15) is 5.56 Å². The fourth-order valence-electron chi connectivity index (χ4n) is 0.765. The SMILES string of the molecule is OCc1ccnc(OC(F)(F)F)c1Br. The normalized spacial score (nSPS) is 11.5. The third-order valence-corrected chi connectivity index (χ3v) is 2.17. The number of aliphatic hydroxyl groups is 1. The van der Waals surface area contributed by atoms with E-state index in [1.807, 2.05) is 0 Å². The predicted molar refractivity (Wildman–Crippen MR) is 44.5 cm³/mol. The van der Waals surface area contributed by atoms with Gasteiger partial charge in [-0.1, -0.05) is 0 Å². The summed E-state index contributed by atoms with van der Waals surface area (Å²) in [6.07, 6.45) is -3.67. The fraction of sp³-hybridized carbons (Fsp3) is 0.286. The molecule has 1 N–H and O–H groups in total. The van der Waals surface area contributed by atoms with Gasteiger partial charge >= 0.3 is 6.36 Å². The molecule has 0 saturated carbocycles. The first kappa shape index (κ1) is 11.3. The van der Waals surface area contributed by atoms with Gasteiger partial charge in [-0.2, -0.15) is 0 Å². The Morgan fingerprint density at radius 1 is 1.50 bits per heavy atom. The first-order valence-electron chi connectivity index (χ1n) is 3.44. The minimum atomic E-state index is -4.79. The third-order valence-electron chi connectivity index (χ3n) is 1.32. The number of rotatable bonds is 2. The molecule has 78 valence electrons.